The van der Waals surface area contributed by atoms with E-state index in [4.69, 9.17) is 4.74 Å². The molecule has 6 nitrogen and oxygen atoms in total. The molecular weight excluding hydrogens is 356 g/mol. The number of methoxy groups -OCH3 is 1. The van der Waals surface area contributed by atoms with Crippen LogP contribution in [0, 0.1) is 5.41 Å². The van der Waals surface area contributed by atoms with E-state index in [-0.39, 0.29) is 6.04 Å². The van der Waals surface area contributed by atoms with E-state index < -0.39 is 34.5 Å². The largest absolute Gasteiger partial charge is 0.467 e. The van der Waals surface area contributed by atoms with E-state index in [0.717, 1.165) is 30.8 Å². The smallest absolute Gasteiger partial charge is 0.342 e. The number of carbonyl (C=O) groups is 1. The third-order valence-corrected chi connectivity index (χ3v) is 8.07. The Labute approximate surface area is 165 Å². The maximum Gasteiger partial charge on any atom is 0.342 e. The molecule has 1 spiro atoms. The van der Waals surface area contributed by atoms with Crippen LogP contribution in [0.15, 0.2) is 36.4 Å². The second kappa shape index (κ2) is 5.59. The number of hydrogen-bond acceptors (Lipinski definition) is 6. The average Bonchev–Trinajstić information content (AvgIpc) is 3.24. The molecule has 0 amide bonds. The number of benzene rings is 1. The molecule has 150 valence electrons. The fourth-order valence-electron chi connectivity index (χ4n) is 7.19. The number of anilines is 1. The fraction of sp³-hybridized carbons (Fsp3) is 0.591. The van der Waals surface area contributed by atoms with Crippen LogP contribution in [0.1, 0.15) is 25.3 Å². The van der Waals surface area contributed by atoms with Crippen molar-refractivity contribution in [3.63, 3.8) is 0 Å². The van der Waals surface area contributed by atoms with Crippen molar-refractivity contribution in [3.05, 3.63) is 42.0 Å². The van der Waals surface area contributed by atoms with E-state index in [0.29, 0.717) is 6.42 Å². The highest BCUT2D eigenvalue weighted by atomic mass is 16.5. The highest BCUT2D eigenvalue weighted by Gasteiger charge is 2.78. The molecule has 1 aliphatic carbocycles. The first-order valence-corrected chi connectivity index (χ1v) is 10.1. The Bertz CT molecular complexity index is 872. The standard InChI is InChI=1S/C22H28N2O4/c1-4-20-10-7-12-24-13-11-21(16(20)24)14-8-5-6-9-15(14)23(2)17(21)22(27,18(20)25)19(26)28-3/h5-10,16-18,25,27H,4,11-13H2,1-3H3/t16-,17+,18+,20+,21+,22-/m0/s1. The Hall–Kier alpha value is -1.89. The molecule has 0 bridgehead atoms. The van der Waals surface area contributed by atoms with Crippen LogP contribution >= 0.6 is 0 Å². The monoisotopic (exact) mass is 384 g/mol. The first-order chi connectivity index (χ1) is 13.4. The summed E-state index contributed by atoms with van der Waals surface area (Å²) in [7, 11) is 3.20. The van der Waals surface area contributed by atoms with Gasteiger partial charge >= 0.3 is 5.97 Å². The summed E-state index contributed by atoms with van der Waals surface area (Å²) in [5.74, 6) is -0.757. The van der Waals surface area contributed by atoms with Gasteiger partial charge in [0.2, 0.25) is 5.60 Å². The lowest BCUT2D eigenvalue weighted by Crippen LogP contribution is -2.80. The van der Waals surface area contributed by atoms with Crippen LogP contribution in [-0.2, 0) is 14.9 Å². The summed E-state index contributed by atoms with van der Waals surface area (Å²) in [4.78, 5) is 17.5. The Kier molecular flexibility index (Phi) is 3.62. The molecule has 2 fully saturated rings. The minimum absolute atomic E-state index is 0.0195. The molecule has 3 heterocycles. The summed E-state index contributed by atoms with van der Waals surface area (Å²) < 4.78 is 5.08. The Morgan fingerprint density at radius 3 is 2.79 bits per heavy atom. The number of esters is 1. The molecule has 2 N–H and O–H groups in total. The number of para-hydroxylation sites is 1. The zero-order valence-electron chi connectivity index (χ0n) is 16.6. The zero-order valence-corrected chi connectivity index (χ0v) is 16.6. The Morgan fingerprint density at radius 1 is 1.32 bits per heavy atom. The number of hydrogen-bond donors (Lipinski definition) is 2. The normalized spacial score (nSPS) is 43.5. The summed E-state index contributed by atoms with van der Waals surface area (Å²) in [6.07, 6.45) is 4.33. The van der Waals surface area contributed by atoms with Gasteiger partial charge in [0.15, 0.2) is 0 Å². The van der Waals surface area contributed by atoms with Gasteiger partial charge in [0.1, 0.15) is 6.10 Å². The molecule has 0 radical (unpaired) electrons. The van der Waals surface area contributed by atoms with Gasteiger partial charge in [0, 0.05) is 36.2 Å². The number of carbonyl (C=O) groups excluding carboxylic acids is 1. The predicted molar refractivity (Wildman–Crippen MR) is 105 cm³/mol. The minimum Gasteiger partial charge on any atom is -0.467 e. The number of rotatable bonds is 2. The first kappa shape index (κ1) is 18.2. The van der Waals surface area contributed by atoms with E-state index in [2.05, 4.69) is 23.1 Å². The molecule has 1 aromatic carbocycles. The molecule has 6 atom stereocenters. The minimum atomic E-state index is -2.02. The summed E-state index contributed by atoms with van der Waals surface area (Å²) in [5, 5.41) is 23.6. The maximum absolute atomic E-state index is 13.0. The summed E-state index contributed by atoms with van der Waals surface area (Å²) in [6.45, 7) is 3.74. The molecule has 1 aromatic rings. The van der Waals surface area contributed by atoms with Crippen molar-refractivity contribution in [1.29, 1.82) is 0 Å². The van der Waals surface area contributed by atoms with Crippen molar-refractivity contribution in [3.8, 4) is 0 Å². The van der Waals surface area contributed by atoms with E-state index in [1.165, 1.54) is 7.11 Å². The van der Waals surface area contributed by atoms with Gasteiger partial charge < -0.3 is 19.8 Å². The lowest BCUT2D eigenvalue weighted by molar-refractivity contribution is -0.218. The highest BCUT2D eigenvalue weighted by molar-refractivity contribution is 5.86. The first-order valence-electron chi connectivity index (χ1n) is 10.1. The number of aliphatic hydroxyl groups is 2. The SMILES string of the molecule is CC[C@]12C=CCN3CC[C@@]4(c5ccccc5N(C)[C@H]4[C@@](O)(C(=O)OC)[C@@H]1O)[C@@H]32. The maximum atomic E-state index is 13.0. The number of likely N-dealkylation sites (N-methyl/N-ethyl adjacent to an activating group) is 1. The van der Waals surface area contributed by atoms with Gasteiger partial charge in [-0.05, 0) is 31.0 Å². The molecule has 0 unspecified atom stereocenters. The van der Waals surface area contributed by atoms with Crippen molar-refractivity contribution < 1.29 is 19.7 Å². The number of ether oxygens (including phenoxy) is 1. The lowest BCUT2D eigenvalue weighted by atomic mass is 9.48. The molecule has 0 aromatic heterocycles. The molecule has 3 aliphatic heterocycles. The molecule has 6 heteroatoms. The fourth-order valence-corrected chi connectivity index (χ4v) is 7.19. The summed E-state index contributed by atoms with van der Waals surface area (Å²) in [6, 6.07) is 7.62. The topological polar surface area (TPSA) is 73.2 Å². The van der Waals surface area contributed by atoms with Crippen molar-refractivity contribution >= 4 is 11.7 Å². The van der Waals surface area contributed by atoms with Crippen molar-refractivity contribution in [1.82, 2.24) is 4.90 Å². The van der Waals surface area contributed by atoms with Crippen LogP contribution in [0.4, 0.5) is 5.69 Å². The Morgan fingerprint density at radius 2 is 2.07 bits per heavy atom. The molecule has 1 saturated heterocycles. The van der Waals surface area contributed by atoms with E-state index in [9.17, 15) is 15.0 Å². The van der Waals surface area contributed by atoms with Gasteiger partial charge in [-0.2, -0.15) is 0 Å². The van der Waals surface area contributed by atoms with Gasteiger partial charge in [-0.15, -0.1) is 0 Å². The van der Waals surface area contributed by atoms with E-state index >= 15 is 0 Å². The van der Waals surface area contributed by atoms with Crippen molar-refractivity contribution in [2.24, 2.45) is 5.41 Å². The van der Waals surface area contributed by atoms with E-state index in [1.807, 2.05) is 37.1 Å². The molecular formula is C22H28N2O4. The van der Waals surface area contributed by atoms with Crippen LogP contribution in [0.25, 0.3) is 0 Å². The highest BCUT2D eigenvalue weighted by Crippen LogP contribution is 2.66. The van der Waals surface area contributed by atoms with Gasteiger partial charge in [-0.1, -0.05) is 37.3 Å². The van der Waals surface area contributed by atoms with Crippen LogP contribution in [-0.4, -0.2) is 72.1 Å². The van der Waals surface area contributed by atoms with Crippen LogP contribution < -0.4 is 4.90 Å². The van der Waals surface area contributed by atoms with Crippen molar-refractivity contribution in [2.75, 3.05) is 32.1 Å². The Balaban J connectivity index is 1.87. The molecule has 28 heavy (non-hydrogen) atoms. The van der Waals surface area contributed by atoms with Crippen molar-refractivity contribution in [2.45, 2.75) is 49.0 Å². The number of nitrogens with zero attached hydrogens (tertiary/aromatic N) is 2. The lowest BCUT2D eigenvalue weighted by Gasteiger charge is -2.63. The molecule has 4 aliphatic rings. The van der Waals surface area contributed by atoms with Crippen LogP contribution in [0.5, 0.6) is 0 Å². The summed E-state index contributed by atoms with van der Waals surface area (Å²) >= 11 is 0. The quantitative estimate of drug-likeness (QED) is 0.587. The predicted octanol–water partition coefficient (Wildman–Crippen LogP) is 1.06. The second-order valence-electron chi connectivity index (χ2n) is 8.81. The van der Waals surface area contributed by atoms with Gasteiger partial charge in [-0.3, -0.25) is 4.90 Å². The van der Waals surface area contributed by atoms with Gasteiger partial charge in [-0.25, -0.2) is 4.79 Å². The zero-order chi connectivity index (χ0) is 19.9. The van der Waals surface area contributed by atoms with Crippen LogP contribution in [0.3, 0.4) is 0 Å². The number of fused-ring (bicyclic) bond motifs is 1. The third kappa shape index (κ3) is 1.70. The number of aliphatic hydroxyl groups excluding tert-OH is 1. The van der Waals surface area contributed by atoms with Gasteiger partial charge in [0.25, 0.3) is 0 Å². The van der Waals surface area contributed by atoms with E-state index in [1.54, 1.807) is 0 Å². The second-order valence-corrected chi connectivity index (χ2v) is 8.81. The average molecular weight is 384 g/mol. The molecule has 5 rings (SSSR count). The molecule has 1 saturated carbocycles. The van der Waals surface area contributed by atoms with Crippen LogP contribution in [0.2, 0.25) is 0 Å². The van der Waals surface area contributed by atoms with Gasteiger partial charge in [0.05, 0.1) is 13.2 Å². The summed E-state index contributed by atoms with van der Waals surface area (Å²) in [5.41, 5.74) is -1.00. The third-order valence-electron chi connectivity index (χ3n) is 8.07.